The molecule has 1 heterocycles. The first-order valence-corrected chi connectivity index (χ1v) is 8.79. The second-order valence-corrected chi connectivity index (χ2v) is 7.64. The van der Waals surface area contributed by atoms with Crippen molar-refractivity contribution < 1.29 is 13.2 Å². The van der Waals surface area contributed by atoms with E-state index in [1.807, 2.05) is 0 Å². The highest BCUT2D eigenvalue weighted by Crippen LogP contribution is 2.24. The Morgan fingerprint density at radius 1 is 1.32 bits per heavy atom. The second-order valence-electron chi connectivity index (χ2n) is 3.85. The molecule has 100 valence electrons. The zero-order chi connectivity index (χ0) is 14.0. The standard InChI is InChI=1S/C12H10BrNO3S2/c1-19(16,17)9-4-2-3-8(7-9)14-12(15)11-10(13)5-6-18-11/h2-7H,1H3,(H,14,15). The molecule has 0 saturated carbocycles. The van der Waals surface area contributed by atoms with Crippen molar-refractivity contribution in [1.29, 1.82) is 0 Å². The smallest absolute Gasteiger partial charge is 0.266 e. The average molecular weight is 360 g/mol. The van der Waals surface area contributed by atoms with Crippen molar-refractivity contribution in [1.82, 2.24) is 0 Å². The van der Waals surface area contributed by atoms with E-state index in [9.17, 15) is 13.2 Å². The maximum absolute atomic E-state index is 12.0. The number of benzene rings is 1. The van der Waals surface area contributed by atoms with Gasteiger partial charge in [-0.2, -0.15) is 0 Å². The van der Waals surface area contributed by atoms with Gasteiger partial charge in [0.05, 0.1) is 4.90 Å². The van der Waals surface area contributed by atoms with Gasteiger partial charge in [0.1, 0.15) is 4.88 Å². The summed E-state index contributed by atoms with van der Waals surface area (Å²) in [5.74, 6) is -0.271. The molecule has 0 saturated heterocycles. The topological polar surface area (TPSA) is 63.2 Å². The lowest BCUT2D eigenvalue weighted by Crippen LogP contribution is -2.11. The minimum absolute atomic E-state index is 0.176. The highest BCUT2D eigenvalue weighted by Gasteiger charge is 2.13. The van der Waals surface area contributed by atoms with Gasteiger partial charge in [-0.05, 0) is 45.6 Å². The lowest BCUT2D eigenvalue weighted by atomic mass is 10.3. The normalized spacial score (nSPS) is 11.3. The molecular weight excluding hydrogens is 350 g/mol. The first-order chi connectivity index (χ1) is 8.88. The van der Waals surface area contributed by atoms with Crippen LogP contribution in [0.2, 0.25) is 0 Å². The molecule has 0 aliphatic rings. The molecule has 0 aliphatic carbocycles. The largest absolute Gasteiger partial charge is 0.321 e. The molecule has 0 aliphatic heterocycles. The molecule has 0 fully saturated rings. The first-order valence-electron chi connectivity index (χ1n) is 5.22. The van der Waals surface area contributed by atoms with E-state index in [-0.39, 0.29) is 10.8 Å². The summed E-state index contributed by atoms with van der Waals surface area (Å²) in [7, 11) is -3.28. The van der Waals surface area contributed by atoms with Crippen molar-refractivity contribution in [3.05, 3.63) is 45.1 Å². The van der Waals surface area contributed by atoms with Crippen LogP contribution in [0.15, 0.2) is 45.1 Å². The van der Waals surface area contributed by atoms with Gasteiger partial charge >= 0.3 is 0 Å². The van der Waals surface area contributed by atoms with Gasteiger partial charge in [-0.25, -0.2) is 8.42 Å². The number of anilines is 1. The Labute approximate surface area is 123 Å². The Morgan fingerprint density at radius 3 is 2.63 bits per heavy atom. The molecule has 0 atom stereocenters. The monoisotopic (exact) mass is 359 g/mol. The minimum Gasteiger partial charge on any atom is -0.321 e. The molecule has 7 heteroatoms. The predicted molar refractivity (Wildman–Crippen MR) is 79.5 cm³/mol. The number of halogens is 1. The molecule has 1 N–H and O–H groups in total. The molecule has 0 bridgehead atoms. The zero-order valence-corrected chi connectivity index (χ0v) is 13.1. The first kappa shape index (κ1) is 14.2. The number of hydrogen-bond acceptors (Lipinski definition) is 4. The van der Waals surface area contributed by atoms with E-state index < -0.39 is 9.84 Å². The number of rotatable bonds is 3. The molecule has 0 unspecified atom stereocenters. The minimum atomic E-state index is -3.28. The molecule has 0 radical (unpaired) electrons. The van der Waals surface area contributed by atoms with Crippen LogP contribution in [0.4, 0.5) is 5.69 Å². The summed E-state index contributed by atoms with van der Waals surface area (Å²) in [5.41, 5.74) is 0.452. The van der Waals surface area contributed by atoms with E-state index in [1.165, 1.54) is 23.5 Å². The van der Waals surface area contributed by atoms with Gasteiger partial charge in [-0.15, -0.1) is 11.3 Å². The summed E-state index contributed by atoms with van der Waals surface area (Å²) in [4.78, 5) is 12.7. The maximum atomic E-state index is 12.0. The molecule has 19 heavy (non-hydrogen) atoms. The van der Waals surface area contributed by atoms with Crippen LogP contribution in [0.1, 0.15) is 9.67 Å². The Hall–Kier alpha value is -1.18. The van der Waals surface area contributed by atoms with E-state index in [2.05, 4.69) is 21.2 Å². The number of thiophene rings is 1. The van der Waals surface area contributed by atoms with Crippen LogP contribution in [-0.2, 0) is 9.84 Å². The van der Waals surface area contributed by atoms with Crippen molar-refractivity contribution >= 4 is 48.7 Å². The van der Waals surface area contributed by atoms with Gasteiger partial charge in [-0.3, -0.25) is 4.79 Å². The van der Waals surface area contributed by atoms with Crippen LogP contribution in [0.5, 0.6) is 0 Å². The van der Waals surface area contributed by atoms with Crippen molar-refractivity contribution in [3.63, 3.8) is 0 Å². The summed E-state index contributed by atoms with van der Waals surface area (Å²) >= 11 is 4.59. The fraction of sp³-hybridized carbons (Fsp3) is 0.0833. The van der Waals surface area contributed by atoms with Crippen molar-refractivity contribution in [3.8, 4) is 0 Å². The van der Waals surface area contributed by atoms with Gasteiger partial charge in [0.15, 0.2) is 9.84 Å². The fourth-order valence-corrected chi connectivity index (χ4v) is 3.56. The summed E-state index contributed by atoms with van der Waals surface area (Å²) in [5, 5.41) is 4.47. The molecule has 0 spiro atoms. The van der Waals surface area contributed by atoms with E-state index in [4.69, 9.17) is 0 Å². The highest BCUT2D eigenvalue weighted by atomic mass is 79.9. The van der Waals surface area contributed by atoms with Crippen LogP contribution < -0.4 is 5.32 Å². The molecule has 1 aromatic carbocycles. The summed E-state index contributed by atoms with van der Waals surface area (Å²) in [6.45, 7) is 0. The molecule has 1 amide bonds. The van der Waals surface area contributed by atoms with Gasteiger partial charge in [0.25, 0.3) is 5.91 Å². The van der Waals surface area contributed by atoms with Crippen LogP contribution in [0.25, 0.3) is 0 Å². The Kier molecular flexibility index (Phi) is 4.07. The SMILES string of the molecule is CS(=O)(=O)c1cccc(NC(=O)c2sccc2Br)c1. The third-order valence-electron chi connectivity index (χ3n) is 2.34. The van der Waals surface area contributed by atoms with Gasteiger partial charge < -0.3 is 5.32 Å². The van der Waals surface area contributed by atoms with Crippen molar-refractivity contribution in [2.75, 3.05) is 11.6 Å². The Balaban J connectivity index is 2.25. The number of nitrogens with one attached hydrogen (secondary N) is 1. The number of sulfone groups is 1. The molecule has 2 rings (SSSR count). The predicted octanol–water partition coefficient (Wildman–Crippen LogP) is 3.17. The van der Waals surface area contributed by atoms with E-state index in [0.29, 0.717) is 15.0 Å². The highest BCUT2D eigenvalue weighted by molar-refractivity contribution is 9.10. The number of amides is 1. The van der Waals surface area contributed by atoms with E-state index in [0.717, 1.165) is 6.26 Å². The van der Waals surface area contributed by atoms with Crippen LogP contribution >= 0.6 is 27.3 Å². The Morgan fingerprint density at radius 2 is 2.05 bits per heavy atom. The molecule has 2 aromatic rings. The van der Waals surface area contributed by atoms with Gasteiger partial charge in [0.2, 0.25) is 0 Å². The van der Waals surface area contributed by atoms with Gasteiger partial charge in [-0.1, -0.05) is 6.07 Å². The van der Waals surface area contributed by atoms with Crippen LogP contribution in [-0.4, -0.2) is 20.6 Å². The zero-order valence-electron chi connectivity index (χ0n) is 9.88. The molecular formula is C12H10BrNO3S2. The van der Waals surface area contributed by atoms with E-state index in [1.54, 1.807) is 23.6 Å². The number of carbonyl (C=O) groups excluding carboxylic acids is 1. The second kappa shape index (κ2) is 5.44. The quantitative estimate of drug-likeness (QED) is 0.915. The lowest BCUT2D eigenvalue weighted by Gasteiger charge is -2.06. The molecule has 1 aromatic heterocycles. The van der Waals surface area contributed by atoms with Gasteiger partial charge in [0, 0.05) is 16.4 Å². The Bertz CT molecular complexity index is 722. The lowest BCUT2D eigenvalue weighted by molar-refractivity contribution is 0.103. The molecule has 4 nitrogen and oxygen atoms in total. The number of hydrogen-bond donors (Lipinski definition) is 1. The van der Waals surface area contributed by atoms with Crippen LogP contribution in [0.3, 0.4) is 0 Å². The fourth-order valence-electron chi connectivity index (χ4n) is 1.45. The van der Waals surface area contributed by atoms with Crippen molar-refractivity contribution in [2.45, 2.75) is 4.90 Å². The summed E-state index contributed by atoms with van der Waals surface area (Å²) < 4.78 is 23.6. The average Bonchev–Trinajstić information content (AvgIpc) is 2.75. The third-order valence-corrected chi connectivity index (χ3v) is 5.29. The summed E-state index contributed by atoms with van der Waals surface area (Å²) in [6.07, 6.45) is 1.13. The summed E-state index contributed by atoms with van der Waals surface area (Å²) in [6, 6.07) is 7.96. The van der Waals surface area contributed by atoms with Crippen LogP contribution in [0, 0.1) is 0 Å². The maximum Gasteiger partial charge on any atom is 0.266 e. The number of carbonyl (C=O) groups is 1. The third kappa shape index (κ3) is 3.43. The van der Waals surface area contributed by atoms with E-state index >= 15 is 0 Å². The van der Waals surface area contributed by atoms with Crippen molar-refractivity contribution in [2.24, 2.45) is 0 Å².